The van der Waals surface area contributed by atoms with Gasteiger partial charge < -0.3 is 9.47 Å². The van der Waals surface area contributed by atoms with Crippen LogP contribution >= 0.6 is 0 Å². The molecule has 0 aliphatic heterocycles. The molecule has 0 heterocycles. The lowest BCUT2D eigenvalue weighted by molar-refractivity contribution is -0.168. The summed E-state index contributed by atoms with van der Waals surface area (Å²) in [6.45, 7) is 5.83. The van der Waals surface area contributed by atoms with Crippen LogP contribution < -0.4 is 0 Å². The van der Waals surface area contributed by atoms with Crippen molar-refractivity contribution in [3.63, 3.8) is 0 Å². The second-order valence-corrected chi connectivity index (χ2v) is 11.9. The van der Waals surface area contributed by atoms with Crippen LogP contribution in [0.1, 0.15) is 46.5 Å². The Morgan fingerprint density at radius 3 is 2.03 bits per heavy atom. The first-order valence-corrected chi connectivity index (χ1v) is 11.8. The molecule has 5 fully saturated rings. The SMILES string of the molecule is COC(=O)CC1C2CC(C1C(=O)OC(C)(C)C)C1C3CC(C4C5C=CC(C5)C34)C21. The van der Waals surface area contributed by atoms with Crippen LogP contribution in [0.3, 0.4) is 0 Å². The number of carbonyl (C=O) groups is 2. The molecule has 0 aromatic carbocycles. The Morgan fingerprint density at radius 2 is 1.45 bits per heavy atom. The highest BCUT2D eigenvalue weighted by Gasteiger charge is 2.73. The van der Waals surface area contributed by atoms with E-state index < -0.39 is 5.60 Å². The number of ether oxygens (including phenoxy) is 2. The maximum atomic E-state index is 13.3. The fourth-order valence-corrected chi connectivity index (χ4v) is 9.67. The van der Waals surface area contributed by atoms with Crippen molar-refractivity contribution in [2.75, 3.05) is 7.11 Å². The predicted molar refractivity (Wildman–Crippen MR) is 107 cm³/mol. The summed E-state index contributed by atoms with van der Waals surface area (Å²) in [6.07, 6.45) is 9.25. The van der Waals surface area contributed by atoms with E-state index in [0.717, 1.165) is 47.8 Å². The molecule has 12 unspecified atom stereocenters. The first kappa shape index (κ1) is 18.4. The lowest BCUT2D eigenvalue weighted by Crippen LogP contribution is -2.47. The Morgan fingerprint density at radius 1 is 0.862 bits per heavy atom. The number of hydrogen-bond donors (Lipinski definition) is 0. The molecule has 0 saturated heterocycles. The normalized spacial score (nSPS) is 52.7. The third-order valence-electron chi connectivity index (χ3n) is 9.86. The van der Waals surface area contributed by atoms with Crippen LogP contribution in [0, 0.1) is 71.0 Å². The largest absolute Gasteiger partial charge is 0.469 e. The van der Waals surface area contributed by atoms with E-state index in [4.69, 9.17) is 9.47 Å². The number of rotatable bonds is 3. The number of hydrogen-bond acceptors (Lipinski definition) is 4. The Labute approximate surface area is 173 Å². The Kier molecular flexibility index (Phi) is 3.74. The molecular weight excluding hydrogens is 364 g/mol. The molecular formula is C25H34O4. The minimum Gasteiger partial charge on any atom is -0.469 e. The summed E-state index contributed by atoms with van der Waals surface area (Å²) < 4.78 is 10.9. The number of methoxy groups -OCH3 is 1. The van der Waals surface area contributed by atoms with Crippen molar-refractivity contribution < 1.29 is 19.1 Å². The zero-order valence-corrected chi connectivity index (χ0v) is 18.0. The van der Waals surface area contributed by atoms with Crippen molar-refractivity contribution in [1.82, 2.24) is 0 Å². The van der Waals surface area contributed by atoms with Gasteiger partial charge in [0.25, 0.3) is 0 Å². The Bertz CT molecular complexity index is 778. The molecule has 5 saturated carbocycles. The van der Waals surface area contributed by atoms with Gasteiger partial charge in [-0.05, 0) is 105 Å². The zero-order valence-electron chi connectivity index (χ0n) is 18.0. The molecule has 6 aliphatic rings. The molecule has 0 aromatic heterocycles. The van der Waals surface area contributed by atoms with E-state index in [0.29, 0.717) is 24.2 Å². The van der Waals surface area contributed by atoms with Crippen molar-refractivity contribution in [2.24, 2.45) is 71.0 Å². The maximum Gasteiger partial charge on any atom is 0.310 e. The van der Waals surface area contributed by atoms with Crippen LogP contribution in [0.25, 0.3) is 0 Å². The van der Waals surface area contributed by atoms with E-state index in [1.54, 1.807) is 0 Å². The molecule has 6 bridgehead atoms. The van der Waals surface area contributed by atoms with Gasteiger partial charge in [-0.2, -0.15) is 0 Å². The van der Waals surface area contributed by atoms with E-state index in [1.807, 2.05) is 20.8 Å². The monoisotopic (exact) mass is 398 g/mol. The molecule has 12 atom stereocenters. The van der Waals surface area contributed by atoms with E-state index in [-0.39, 0.29) is 23.8 Å². The highest BCUT2D eigenvalue weighted by atomic mass is 16.6. The molecule has 6 rings (SSSR count). The van der Waals surface area contributed by atoms with Gasteiger partial charge in [-0.1, -0.05) is 12.2 Å². The summed E-state index contributed by atoms with van der Waals surface area (Å²) in [4.78, 5) is 25.5. The quantitative estimate of drug-likeness (QED) is 0.408. The summed E-state index contributed by atoms with van der Waals surface area (Å²) in [6, 6.07) is 0. The lowest BCUT2D eigenvalue weighted by atomic mass is 9.57. The van der Waals surface area contributed by atoms with Gasteiger partial charge in [0.1, 0.15) is 5.60 Å². The molecule has 4 heteroatoms. The second kappa shape index (κ2) is 5.88. The van der Waals surface area contributed by atoms with Crippen molar-refractivity contribution in [2.45, 2.75) is 52.1 Å². The minimum absolute atomic E-state index is 0.0653. The average molecular weight is 399 g/mol. The maximum absolute atomic E-state index is 13.3. The van der Waals surface area contributed by atoms with Crippen LogP contribution in [0.5, 0.6) is 0 Å². The highest BCUT2D eigenvalue weighted by molar-refractivity contribution is 5.77. The molecule has 4 nitrogen and oxygen atoms in total. The van der Waals surface area contributed by atoms with Gasteiger partial charge in [0.05, 0.1) is 13.0 Å². The molecule has 6 aliphatic carbocycles. The smallest absolute Gasteiger partial charge is 0.310 e. The van der Waals surface area contributed by atoms with Gasteiger partial charge in [-0.15, -0.1) is 0 Å². The fraction of sp³-hybridized carbons (Fsp3) is 0.840. The summed E-state index contributed by atoms with van der Waals surface area (Å²) in [5, 5.41) is 0. The molecule has 0 amide bonds. The highest BCUT2D eigenvalue weighted by Crippen LogP contribution is 2.77. The van der Waals surface area contributed by atoms with Gasteiger partial charge in [0.15, 0.2) is 0 Å². The summed E-state index contributed by atoms with van der Waals surface area (Å²) in [7, 11) is 1.46. The summed E-state index contributed by atoms with van der Waals surface area (Å²) in [5.74, 6) is 7.06. The topological polar surface area (TPSA) is 52.6 Å². The van der Waals surface area contributed by atoms with E-state index in [1.165, 1.54) is 20.0 Å². The van der Waals surface area contributed by atoms with Crippen LogP contribution in [0.4, 0.5) is 0 Å². The molecule has 0 radical (unpaired) electrons. The van der Waals surface area contributed by atoms with E-state index in [2.05, 4.69) is 12.2 Å². The number of esters is 2. The second-order valence-electron chi connectivity index (χ2n) is 11.9. The van der Waals surface area contributed by atoms with Gasteiger partial charge in [-0.3, -0.25) is 9.59 Å². The first-order chi connectivity index (χ1) is 13.8. The number of fused-ring (bicyclic) bond motifs is 16. The zero-order chi connectivity index (χ0) is 20.2. The number of carbonyl (C=O) groups excluding carboxylic acids is 2. The van der Waals surface area contributed by atoms with Crippen molar-refractivity contribution in [3.8, 4) is 0 Å². The van der Waals surface area contributed by atoms with Crippen molar-refractivity contribution >= 4 is 11.9 Å². The fourth-order valence-electron chi connectivity index (χ4n) is 9.67. The molecule has 0 N–H and O–H groups in total. The Balaban J connectivity index is 1.33. The standard InChI is InChI=1S/C25H34O4/c1-25(2,3)29-24(27)23-14(10-18(26)28-4)13-8-17(23)22-16-9-15(21(13)22)19-11-5-6-12(7-11)20(16)19/h5-6,11-17,19-23H,7-10H2,1-4H3. The van der Waals surface area contributed by atoms with Gasteiger partial charge in [0.2, 0.25) is 0 Å². The first-order valence-electron chi connectivity index (χ1n) is 11.8. The third kappa shape index (κ3) is 2.38. The summed E-state index contributed by atoms with van der Waals surface area (Å²) in [5.41, 5.74) is -0.483. The van der Waals surface area contributed by atoms with Crippen LogP contribution in [0.2, 0.25) is 0 Å². The summed E-state index contributed by atoms with van der Waals surface area (Å²) >= 11 is 0. The molecule has 29 heavy (non-hydrogen) atoms. The molecule has 0 aromatic rings. The average Bonchev–Trinajstić information content (AvgIpc) is 3.44. The lowest BCUT2D eigenvalue weighted by Gasteiger charge is -2.48. The van der Waals surface area contributed by atoms with Crippen LogP contribution in [-0.2, 0) is 19.1 Å². The third-order valence-corrected chi connectivity index (χ3v) is 9.86. The van der Waals surface area contributed by atoms with Gasteiger partial charge in [-0.25, -0.2) is 0 Å². The van der Waals surface area contributed by atoms with Crippen LogP contribution in [0.15, 0.2) is 12.2 Å². The number of allylic oxidation sites excluding steroid dienone is 2. The van der Waals surface area contributed by atoms with E-state index >= 15 is 0 Å². The Hall–Kier alpha value is -1.32. The van der Waals surface area contributed by atoms with E-state index in [9.17, 15) is 9.59 Å². The van der Waals surface area contributed by atoms with Gasteiger partial charge >= 0.3 is 11.9 Å². The van der Waals surface area contributed by atoms with Crippen LogP contribution in [-0.4, -0.2) is 24.6 Å². The predicted octanol–water partition coefficient (Wildman–Crippen LogP) is 4.09. The van der Waals surface area contributed by atoms with Crippen molar-refractivity contribution in [3.05, 3.63) is 12.2 Å². The van der Waals surface area contributed by atoms with Crippen molar-refractivity contribution in [1.29, 1.82) is 0 Å². The minimum atomic E-state index is -0.483. The molecule has 0 spiro atoms. The molecule has 158 valence electrons. The van der Waals surface area contributed by atoms with Gasteiger partial charge in [0, 0.05) is 6.42 Å².